The standard InChI is InChI=1S/C16H17BrN2OS/c17-10-3-6-12-13(7-10)21-15(14(12)18)16(20)19(11-4-5-11)8-9-1-2-9/h3,6-7,9,11H,1-2,4-5,8,18H2. The van der Waals surface area contributed by atoms with Crippen LogP contribution in [0.4, 0.5) is 5.69 Å². The Bertz CT molecular complexity index is 718. The molecule has 1 aromatic heterocycles. The normalized spacial score (nSPS) is 18.1. The van der Waals surface area contributed by atoms with Crippen LogP contribution in [0.5, 0.6) is 0 Å². The molecule has 0 radical (unpaired) electrons. The Hall–Kier alpha value is -1.07. The molecule has 5 heteroatoms. The number of rotatable bonds is 4. The summed E-state index contributed by atoms with van der Waals surface area (Å²) in [5, 5.41) is 0.994. The summed E-state index contributed by atoms with van der Waals surface area (Å²) in [6, 6.07) is 6.46. The van der Waals surface area contributed by atoms with E-state index in [1.54, 1.807) is 0 Å². The first kappa shape index (κ1) is 13.6. The highest BCUT2D eigenvalue weighted by molar-refractivity contribution is 9.10. The summed E-state index contributed by atoms with van der Waals surface area (Å²) in [5.74, 6) is 0.860. The van der Waals surface area contributed by atoms with Crippen molar-refractivity contribution in [3.63, 3.8) is 0 Å². The number of nitrogens with zero attached hydrogens (tertiary/aromatic N) is 1. The van der Waals surface area contributed by atoms with Gasteiger partial charge in [0.15, 0.2) is 0 Å². The molecule has 1 heterocycles. The molecule has 0 bridgehead atoms. The Morgan fingerprint density at radius 1 is 1.33 bits per heavy atom. The van der Waals surface area contributed by atoms with E-state index in [0.717, 1.165) is 44.7 Å². The highest BCUT2D eigenvalue weighted by Gasteiger charge is 2.38. The highest BCUT2D eigenvalue weighted by Crippen LogP contribution is 2.40. The van der Waals surface area contributed by atoms with Crippen LogP contribution in [0.2, 0.25) is 0 Å². The Balaban J connectivity index is 1.70. The van der Waals surface area contributed by atoms with Crippen molar-refractivity contribution in [3.8, 4) is 0 Å². The molecule has 2 saturated carbocycles. The maximum Gasteiger partial charge on any atom is 0.266 e. The number of carbonyl (C=O) groups excluding carboxylic acids is 1. The van der Waals surface area contributed by atoms with Gasteiger partial charge in [0, 0.05) is 27.1 Å². The molecule has 1 amide bonds. The van der Waals surface area contributed by atoms with Crippen LogP contribution in [-0.2, 0) is 0 Å². The SMILES string of the molecule is Nc1c(C(=O)N(CC2CC2)C2CC2)sc2cc(Br)ccc12. The van der Waals surface area contributed by atoms with Crippen LogP contribution in [0.25, 0.3) is 10.1 Å². The molecule has 2 aromatic rings. The zero-order chi connectivity index (χ0) is 14.6. The van der Waals surface area contributed by atoms with Crippen molar-refractivity contribution in [3.05, 3.63) is 27.5 Å². The Kier molecular flexibility index (Phi) is 3.23. The molecule has 0 saturated heterocycles. The maximum atomic E-state index is 12.9. The molecule has 3 nitrogen and oxygen atoms in total. The van der Waals surface area contributed by atoms with Crippen molar-refractivity contribution in [2.45, 2.75) is 31.7 Å². The number of nitrogen functional groups attached to an aromatic ring is 1. The Morgan fingerprint density at radius 2 is 2.10 bits per heavy atom. The number of hydrogen-bond acceptors (Lipinski definition) is 3. The van der Waals surface area contributed by atoms with Gasteiger partial charge in [0.1, 0.15) is 4.88 Å². The predicted molar refractivity (Wildman–Crippen MR) is 90.7 cm³/mol. The fourth-order valence-electron chi connectivity index (χ4n) is 2.74. The van der Waals surface area contributed by atoms with Gasteiger partial charge in [-0.05, 0) is 43.7 Å². The molecule has 1 aromatic carbocycles. The number of carbonyl (C=O) groups is 1. The predicted octanol–water partition coefficient (Wildman–Crippen LogP) is 4.26. The van der Waals surface area contributed by atoms with Gasteiger partial charge in [0.05, 0.1) is 5.69 Å². The average Bonchev–Trinajstić information content (AvgIpc) is 3.34. The zero-order valence-corrected chi connectivity index (χ0v) is 14.0. The number of fused-ring (bicyclic) bond motifs is 1. The summed E-state index contributed by atoms with van der Waals surface area (Å²) in [5.41, 5.74) is 6.89. The summed E-state index contributed by atoms with van der Waals surface area (Å²) < 4.78 is 2.10. The fourth-order valence-corrected chi connectivity index (χ4v) is 4.37. The minimum Gasteiger partial charge on any atom is -0.397 e. The van der Waals surface area contributed by atoms with Crippen molar-refractivity contribution in [2.75, 3.05) is 12.3 Å². The summed E-state index contributed by atoms with van der Waals surface area (Å²) >= 11 is 5.00. The van der Waals surface area contributed by atoms with Gasteiger partial charge in [0.25, 0.3) is 5.91 Å². The second-order valence-electron chi connectivity index (χ2n) is 6.12. The molecule has 0 atom stereocenters. The van der Waals surface area contributed by atoms with E-state index in [0.29, 0.717) is 11.7 Å². The topological polar surface area (TPSA) is 46.3 Å². The monoisotopic (exact) mass is 364 g/mol. The molecule has 0 spiro atoms. The van der Waals surface area contributed by atoms with E-state index in [-0.39, 0.29) is 5.91 Å². The smallest absolute Gasteiger partial charge is 0.266 e. The van der Waals surface area contributed by atoms with E-state index < -0.39 is 0 Å². The van der Waals surface area contributed by atoms with Gasteiger partial charge in [-0.2, -0.15) is 0 Å². The van der Waals surface area contributed by atoms with E-state index in [1.807, 2.05) is 18.2 Å². The van der Waals surface area contributed by atoms with E-state index in [2.05, 4.69) is 20.8 Å². The van der Waals surface area contributed by atoms with E-state index in [9.17, 15) is 4.79 Å². The van der Waals surface area contributed by atoms with Gasteiger partial charge in [0.2, 0.25) is 0 Å². The summed E-state index contributed by atoms with van der Waals surface area (Å²) in [6.45, 7) is 0.918. The molecule has 21 heavy (non-hydrogen) atoms. The van der Waals surface area contributed by atoms with Crippen LogP contribution in [-0.4, -0.2) is 23.4 Å². The van der Waals surface area contributed by atoms with E-state index >= 15 is 0 Å². The lowest BCUT2D eigenvalue weighted by Gasteiger charge is -2.21. The fraction of sp³-hybridized carbons (Fsp3) is 0.438. The number of anilines is 1. The zero-order valence-electron chi connectivity index (χ0n) is 11.6. The van der Waals surface area contributed by atoms with Gasteiger partial charge in [-0.25, -0.2) is 0 Å². The first-order chi connectivity index (χ1) is 10.1. The average molecular weight is 365 g/mol. The van der Waals surface area contributed by atoms with Crippen molar-refractivity contribution < 1.29 is 4.79 Å². The molecule has 2 aliphatic rings. The number of nitrogens with two attached hydrogens (primary N) is 1. The summed E-state index contributed by atoms with van der Waals surface area (Å²) in [4.78, 5) is 15.7. The van der Waals surface area contributed by atoms with E-state index in [4.69, 9.17) is 5.73 Å². The van der Waals surface area contributed by atoms with Gasteiger partial charge in [-0.15, -0.1) is 11.3 Å². The molecule has 0 aliphatic heterocycles. The minimum absolute atomic E-state index is 0.138. The Morgan fingerprint density at radius 3 is 2.76 bits per heavy atom. The van der Waals surface area contributed by atoms with Gasteiger partial charge in [-0.3, -0.25) is 4.79 Å². The molecular formula is C16H17BrN2OS. The second kappa shape index (κ2) is 4.99. The van der Waals surface area contributed by atoms with Crippen LogP contribution < -0.4 is 5.73 Å². The van der Waals surface area contributed by atoms with Gasteiger partial charge in [-0.1, -0.05) is 22.0 Å². The molecular weight excluding hydrogens is 348 g/mol. The van der Waals surface area contributed by atoms with Crippen molar-refractivity contribution in [1.82, 2.24) is 4.90 Å². The number of halogens is 1. The number of amides is 1. The van der Waals surface area contributed by atoms with Crippen LogP contribution in [0.1, 0.15) is 35.4 Å². The molecule has 0 unspecified atom stereocenters. The summed E-state index contributed by atoms with van der Waals surface area (Å²) in [7, 11) is 0. The number of thiophene rings is 1. The number of benzene rings is 1. The highest BCUT2D eigenvalue weighted by atomic mass is 79.9. The molecule has 2 fully saturated rings. The third-order valence-electron chi connectivity index (χ3n) is 4.29. The third-order valence-corrected chi connectivity index (χ3v) is 5.93. The van der Waals surface area contributed by atoms with Crippen LogP contribution in [0.15, 0.2) is 22.7 Å². The second-order valence-corrected chi connectivity index (χ2v) is 8.09. The van der Waals surface area contributed by atoms with Crippen LogP contribution in [0.3, 0.4) is 0 Å². The lowest BCUT2D eigenvalue weighted by molar-refractivity contribution is 0.0741. The van der Waals surface area contributed by atoms with Gasteiger partial charge < -0.3 is 10.6 Å². The van der Waals surface area contributed by atoms with Crippen LogP contribution >= 0.6 is 27.3 Å². The maximum absolute atomic E-state index is 12.9. The van der Waals surface area contributed by atoms with Crippen molar-refractivity contribution in [2.24, 2.45) is 5.92 Å². The molecule has 2 aliphatic carbocycles. The van der Waals surface area contributed by atoms with Crippen LogP contribution in [0, 0.1) is 5.92 Å². The minimum atomic E-state index is 0.138. The largest absolute Gasteiger partial charge is 0.397 e. The third kappa shape index (κ3) is 2.57. The van der Waals surface area contributed by atoms with Crippen molar-refractivity contribution >= 4 is 48.9 Å². The lowest BCUT2D eigenvalue weighted by Crippen LogP contribution is -2.34. The molecule has 2 N–H and O–H groups in total. The quantitative estimate of drug-likeness (QED) is 0.880. The van der Waals surface area contributed by atoms with E-state index in [1.165, 1.54) is 24.2 Å². The Labute approximate surface area is 136 Å². The molecule has 4 rings (SSSR count). The van der Waals surface area contributed by atoms with Crippen molar-refractivity contribution in [1.29, 1.82) is 0 Å². The number of hydrogen-bond donors (Lipinski definition) is 1. The molecule has 110 valence electrons. The lowest BCUT2D eigenvalue weighted by atomic mass is 10.2. The summed E-state index contributed by atoms with van der Waals surface area (Å²) in [6.07, 6.45) is 4.83. The van der Waals surface area contributed by atoms with Gasteiger partial charge >= 0.3 is 0 Å². The first-order valence-corrected chi connectivity index (χ1v) is 9.03. The first-order valence-electron chi connectivity index (χ1n) is 7.42.